The number of likely N-dealkylation sites (tertiary alicyclic amines) is 1. The van der Waals surface area contributed by atoms with Crippen LogP contribution in [0.2, 0.25) is 0 Å². The van der Waals surface area contributed by atoms with Crippen molar-refractivity contribution in [3.8, 4) is 0 Å². The summed E-state index contributed by atoms with van der Waals surface area (Å²) in [4.78, 5) is 29.0. The summed E-state index contributed by atoms with van der Waals surface area (Å²) in [5.74, 6) is -0.977. The zero-order chi connectivity index (χ0) is 20.0. The number of aliphatic carboxylic acids is 1. The van der Waals surface area contributed by atoms with Crippen LogP contribution in [0, 0.1) is 16.7 Å². The van der Waals surface area contributed by atoms with Gasteiger partial charge in [-0.3, -0.25) is 19.2 Å². The van der Waals surface area contributed by atoms with E-state index in [9.17, 15) is 14.7 Å². The number of aryl methyl sites for hydroxylation is 1. The van der Waals surface area contributed by atoms with E-state index in [0.717, 1.165) is 25.9 Å². The van der Waals surface area contributed by atoms with Gasteiger partial charge in [-0.25, -0.2) is 0 Å². The highest BCUT2D eigenvalue weighted by atomic mass is 16.4. The summed E-state index contributed by atoms with van der Waals surface area (Å²) in [6, 6.07) is 0.209. The number of amides is 1. The van der Waals surface area contributed by atoms with Crippen LogP contribution in [0.4, 0.5) is 0 Å². The first-order valence-corrected chi connectivity index (χ1v) is 9.85. The van der Waals surface area contributed by atoms with E-state index >= 15 is 0 Å². The third-order valence-corrected chi connectivity index (χ3v) is 6.66. The molecule has 27 heavy (non-hydrogen) atoms. The summed E-state index contributed by atoms with van der Waals surface area (Å²) < 4.78 is 1.82. The average molecular weight is 377 g/mol. The van der Waals surface area contributed by atoms with Crippen LogP contribution in [0.15, 0.2) is 12.4 Å². The van der Waals surface area contributed by atoms with E-state index in [1.807, 2.05) is 31.8 Å². The fourth-order valence-electron chi connectivity index (χ4n) is 4.97. The molecule has 1 saturated heterocycles. The van der Waals surface area contributed by atoms with Crippen molar-refractivity contribution in [2.45, 2.75) is 46.1 Å². The third-order valence-electron chi connectivity index (χ3n) is 6.66. The number of rotatable bonds is 6. The molecule has 1 saturated carbocycles. The second-order valence-electron chi connectivity index (χ2n) is 8.88. The van der Waals surface area contributed by atoms with Gasteiger partial charge < -0.3 is 10.0 Å². The maximum atomic E-state index is 13.1. The highest BCUT2D eigenvalue weighted by molar-refractivity contribution is 6.06. The molecule has 0 aromatic carbocycles. The standard InChI is InChI=1S/C20H32N4O3/c1-6-24-9-7-8-14(16(24)15-10-21-23(5)12-15)11-22(4)17(25)20(18(26)27)13-19(20,2)3/h10,12,14,16H,6-9,11,13H2,1-5H3,(H,26,27). The second kappa shape index (κ2) is 6.93. The maximum absolute atomic E-state index is 13.1. The molecule has 2 heterocycles. The van der Waals surface area contributed by atoms with Crippen molar-refractivity contribution >= 4 is 11.9 Å². The lowest BCUT2D eigenvalue weighted by Crippen LogP contribution is -2.47. The van der Waals surface area contributed by atoms with E-state index in [1.165, 1.54) is 5.56 Å². The van der Waals surface area contributed by atoms with Gasteiger partial charge in [-0.15, -0.1) is 0 Å². The van der Waals surface area contributed by atoms with Crippen molar-refractivity contribution in [1.29, 1.82) is 0 Å². The number of nitrogens with zero attached hydrogens (tertiary/aromatic N) is 4. The molecule has 3 unspecified atom stereocenters. The molecule has 1 N–H and O–H groups in total. The van der Waals surface area contributed by atoms with Crippen LogP contribution in [0.25, 0.3) is 0 Å². The van der Waals surface area contributed by atoms with Crippen molar-refractivity contribution in [2.75, 3.05) is 26.7 Å². The monoisotopic (exact) mass is 376 g/mol. The normalized spacial score (nSPS) is 30.1. The van der Waals surface area contributed by atoms with Crippen LogP contribution in [0.3, 0.4) is 0 Å². The Hall–Kier alpha value is -1.89. The summed E-state index contributed by atoms with van der Waals surface area (Å²) >= 11 is 0. The summed E-state index contributed by atoms with van der Waals surface area (Å²) in [5, 5.41) is 14.0. The first-order valence-electron chi connectivity index (χ1n) is 9.85. The maximum Gasteiger partial charge on any atom is 0.319 e. The number of carbonyl (C=O) groups excluding carboxylic acids is 1. The molecule has 0 bridgehead atoms. The molecule has 1 aliphatic heterocycles. The Morgan fingerprint density at radius 2 is 2.07 bits per heavy atom. The van der Waals surface area contributed by atoms with Crippen LogP contribution in [0.1, 0.15) is 51.6 Å². The van der Waals surface area contributed by atoms with Gasteiger partial charge in [0.05, 0.1) is 6.20 Å². The Balaban J connectivity index is 1.80. The third kappa shape index (κ3) is 3.26. The van der Waals surface area contributed by atoms with Crippen LogP contribution in [-0.4, -0.2) is 63.2 Å². The summed E-state index contributed by atoms with van der Waals surface area (Å²) in [7, 11) is 3.67. The minimum absolute atomic E-state index is 0.209. The summed E-state index contributed by atoms with van der Waals surface area (Å²) in [5.41, 5.74) is -0.566. The molecule has 1 aromatic rings. The molecular weight excluding hydrogens is 344 g/mol. The van der Waals surface area contributed by atoms with Gasteiger partial charge in [0.1, 0.15) is 0 Å². The summed E-state index contributed by atoms with van der Waals surface area (Å²) in [6.07, 6.45) is 6.49. The molecule has 0 radical (unpaired) electrons. The zero-order valence-corrected chi connectivity index (χ0v) is 17.1. The topological polar surface area (TPSA) is 78.7 Å². The van der Waals surface area contributed by atoms with Crippen LogP contribution >= 0.6 is 0 Å². The van der Waals surface area contributed by atoms with Crippen LogP contribution in [0.5, 0.6) is 0 Å². The van der Waals surface area contributed by atoms with Crippen molar-refractivity contribution in [2.24, 2.45) is 23.8 Å². The first-order chi connectivity index (χ1) is 12.6. The SMILES string of the molecule is CCN1CCCC(CN(C)C(=O)C2(C(=O)O)CC2(C)C)C1c1cnn(C)c1. The fourth-order valence-corrected chi connectivity index (χ4v) is 4.97. The second-order valence-corrected chi connectivity index (χ2v) is 8.88. The minimum atomic E-state index is -1.26. The van der Waals surface area contributed by atoms with E-state index in [1.54, 1.807) is 11.9 Å². The smallest absolute Gasteiger partial charge is 0.319 e. The Kier molecular flexibility index (Phi) is 5.10. The van der Waals surface area contributed by atoms with Gasteiger partial charge >= 0.3 is 5.97 Å². The molecule has 1 aromatic heterocycles. The number of carboxylic acid groups (broad SMARTS) is 1. The van der Waals surface area contributed by atoms with Crippen LogP contribution in [-0.2, 0) is 16.6 Å². The lowest BCUT2D eigenvalue weighted by molar-refractivity contribution is -0.155. The number of piperidine rings is 1. The lowest BCUT2D eigenvalue weighted by atomic mass is 9.85. The van der Waals surface area contributed by atoms with Crippen molar-refractivity contribution in [3.63, 3.8) is 0 Å². The highest BCUT2D eigenvalue weighted by Gasteiger charge is 2.72. The molecule has 7 nitrogen and oxygen atoms in total. The summed E-state index contributed by atoms with van der Waals surface area (Å²) in [6.45, 7) is 8.44. The molecule has 0 spiro atoms. The first kappa shape index (κ1) is 19.9. The predicted molar refractivity (Wildman–Crippen MR) is 102 cm³/mol. The van der Waals surface area contributed by atoms with E-state index in [-0.39, 0.29) is 17.9 Å². The molecule has 1 aliphatic carbocycles. The van der Waals surface area contributed by atoms with Gasteiger partial charge in [0.25, 0.3) is 0 Å². The average Bonchev–Trinajstić information content (AvgIpc) is 2.96. The van der Waals surface area contributed by atoms with E-state index in [0.29, 0.717) is 13.0 Å². The van der Waals surface area contributed by atoms with Crippen molar-refractivity contribution < 1.29 is 14.7 Å². The molecular formula is C20H32N4O3. The van der Waals surface area contributed by atoms with Gasteiger partial charge in [0.15, 0.2) is 5.41 Å². The van der Waals surface area contributed by atoms with E-state index in [2.05, 4.69) is 23.1 Å². The lowest BCUT2D eigenvalue weighted by Gasteiger charge is -2.42. The van der Waals surface area contributed by atoms with Gasteiger partial charge in [-0.1, -0.05) is 20.8 Å². The number of hydrogen-bond donors (Lipinski definition) is 1. The number of hydrogen-bond acceptors (Lipinski definition) is 4. The van der Waals surface area contributed by atoms with Gasteiger partial charge in [-0.05, 0) is 43.7 Å². The molecule has 3 atom stereocenters. The number of carboxylic acids is 1. The fraction of sp³-hybridized carbons (Fsp3) is 0.750. The van der Waals surface area contributed by atoms with E-state index < -0.39 is 16.8 Å². The Labute approximate surface area is 161 Å². The van der Waals surface area contributed by atoms with Gasteiger partial charge in [-0.2, -0.15) is 5.10 Å². The molecule has 150 valence electrons. The molecule has 2 fully saturated rings. The van der Waals surface area contributed by atoms with Crippen molar-refractivity contribution in [3.05, 3.63) is 18.0 Å². The largest absolute Gasteiger partial charge is 0.480 e. The molecule has 7 heteroatoms. The quantitative estimate of drug-likeness (QED) is 0.770. The molecule has 3 rings (SSSR count). The predicted octanol–water partition coefficient (Wildman–Crippen LogP) is 2.15. The number of carbonyl (C=O) groups is 2. The number of aromatic nitrogens is 2. The Morgan fingerprint density at radius 3 is 2.56 bits per heavy atom. The Bertz CT molecular complexity index is 729. The molecule has 1 amide bonds. The van der Waals surface area contributed by atoms with Crippen molar-refractivity contribution in [1.82, 2.24) is 19.6 Å². The van der Waals surface area contributed by atoms with Gasteiger partial charge in [0.2, 0.25) is 5.91 Å². The van der Waals surface area contributed by atoms with E-state index in [4.69, 9.17) is 0 Å². The Morgan fingerprint density at radius 1 is 1.41 bits per heavy atom. The van der Waals surface area contributed by atoms with Gasteiger partial charge in [0, 0.05) is 38.4 Å². The minimum Gasteiger partial charge on any atom is -0.480 e. The zero-order valence-electron chi connectivity index (χ0n) is 17.1. The highest BCUT2D eigenvalue weighted by Crippen LogP contribution is 2.64. The molecule has 2 aliphatic rings. The van der Waals surface area contributed by atoms with Crippen LogP contribution < -0.4 is 0 Å².